The number of carbonyl (C=O) groups is 1. The number of Topliss-reactive ketones (excluding diaryl/α,β-unsaturated/α-hetero) is 1. The van der Waals surface area contributed by atoms with E-state index in [1.165, 1.54) is 11.8 Å². The molecule has 0 spiro atoms. The summed E-state index contributed by atoms with van der Waals surface area (Å²) < 4.78 is 0. The summed E-state index contributed by atoms with van der Waals surface area (Å²) in [5, 5.41) is 0.315. The standard InChI is InChI=1S/C17H15N3OS/c1-11(15(21)12-7-3-2-4-8-12)22-17-16(18)19-13-9-5-6-10-14(13)20-17/h2-11H,1H3,(H2,18,19). The molecule has 1 atom stereocenters. The van der Waals surface area contributed by atoms with Crippen molar-refractivity contribution in [3.8, 4) is 0 Å². The van der Waals surface area contributed by atoms with Gasteiger partial charge in [-0.05, 0) is 19.1 Å². The minimum atomic E-state index is -0.278. The molecule has 0 bridgehead atoms. The number of nitrogens with two attached hydrogens (primary N) is 1. The van der Waals surface area contributed by atoms with E-state index in [0.717, 1.165) is 11.0 Å². The largest absolute Gasteiger partial charge is 0.381 e. The molecule has 4 nitrogen and oxygen atoms in total. The second kappa shape index (κ2) is 6.15. The lowest BCUT2D eigenvalue weighted by atomic mass is 10.1. The number of nitrogen functional groups attached to an aromatic ring is 1. The number of benzene rings is 2. The number of thioether (sulfide) groups is 1. The maximum absolute atomic E-state index is 12.4. The van der Waals surface area contributed by atoms with E-state index in [1.54, 1.807) is 0 Å². The molecule has 0 amide bonds. The van der Waals surface area contributed by atoms with Crippen LogP contribution in [0.15, 0.2) is 59.6 Å². The Morgan fingerprint density at radius 1 is 1.00 bits per heavy atom. The van der Waals surface area contributed by atoms with Crippen molar-refractivity contribution in [3.63, 3.8) is 0 Å². The van der Waals surface area contributed by atoms with Crippen molar-refractivity contribution < 1.29 is 4.79 Å². The number of para-hydroxylation sites is 2. The van der Waals surface area contributed by atoms with Crippen LogP contribution in [-0.4, -0.2) is 21.0 Å². The first-order chi connectivity index (χ1) is 10.6. The van der Waals surface area contributed by atoms with Crippen LogP contribution in [0.3, 0.4) is 0 Å². The second-order valence-electron chi connectivity index (χ2n) is 4.89. The number of fused-ring (bicyclic) bond motifs is 1. The van der Waals surface area contributed by atoms with E-state index in [1.807, 2.05) is 61.5 Å². The molecule has 3 aromatic rings. The molecular formula is C17H15N3OS. The summed E-state index contributed by atoms with van der Waals surface area (Å²) in [6, 6.07) is 16.8. The van der Waals surface area contributed by atoms with Gasteiger partial charge >= 0.3 is 0 Å². The van der Waals surface area contributed by atoms with Crippen molar-refractivity contribution in [1.82, 2.24) is 9.97 Å². The normalized spacial score (nSPS) is 12.2. The first kappa shape index (κ1) is 14.5. The second-order valence-corrected chi connectivity index (χ2v) is 6.22. The predicted molar refractivity (Wildman–Crippen MR) is 90.0 cm³/mol. The van der Waals surface area contributed by atoms with Crippen LogP contribution >= 0.6 is 11.8 Å². The monoisotopic (exact) mass is 309 g/mol. The lowest BCUT2D eigenvalue weighted by molar-refractivity contribution is 0.0994. The fourth-order valence-corrected chi connectivity index (χ4v) is 3.04. The molecule has 2 N–H and O–H groups in total. The summed E-state index contributed by atoms with van der Waals surface area (Å²) >= 11 is 1.34. The fraction of sp³-hybridized carbons (Fsp3) is 0.118. The van der Waals surface area contributed by atoms with E-state index in [2.05, 4.69) is 9.97 Å². The van der Waals surface area contributed by atoms with Crippen LogP contribution in [0.1, 0.15) is 17.3 Å². The van der Waals surface area contributed by atoms with E-state index in [4.69, 9.17) is 5.73 Å². The predicted octanol–water partition coefficient (Wildman–Crippen LogP) is 3.58. The van der Waals surface area contributed by atoms with Crippen LogP contribution in [-0.2, 0) is 0 Å². The summed E-state index contributed by atoms with van der Waals surface area (Å²) in [5.41, 5.74) is 8.19. The average molecular weight is 309 g/mol. The summed E-state index contributed by atoms with van der Waals surface area (Å²) in [6.45, 7) is 1.86. The van der Waals surface area contributed by atoms with Crippen molar-refractivity contribution in [3.05, 3.63) is 60.2 Å². The lowest BCUT2D eigenvalue weighted by Gasteiger charge is -2.11. The third-order valence-corrected chi connectivity index (χ3v) is 4.37. The van der Waals surface area contributed by atoms with Gasteiger partial charge in [0.15, 0.2) is 11.6 Å². The SMILES string of the molecule is CC(Sc1nc2ccccc2nc1N)C(=O)c1ccccc1. The maximum atomic E-state index is 12.4. The first-order valence-electron chi connectivity index (χ1n) is 6.93. The van der Waals surface area contributed by atoms with Gasteiger partial charge in [0.2, 0.25) is 0 Å². The molecule has 0 fully saturated rings. The van der Waals surface area contributed by atoms with Gasteiger partial charge in [0.05, 0.1) is 16.3 Å². The quantitative estimate of drug-likeness (QED) is 0.589. The molecule has 0 aliphatic carbocycles. The highest BCUT2D eigenvalue weighted by Crippen LogP contribution is 2.29. The Hall–Kier alpha value is -2.40. The molecule has 0 radical (unpaired) electrons. The number of ketones is 1. The van der Waals surface area contributed by atoms with E-state index < -0.39 is 0 Å². The Labute approximate surface area is 132 Å². The highest BCUT2D eigenvalue weighted by atomic mass is 32.2. The zero-order valence-electron chi connectivity index (χ0n) is 12.1. The zero-order valence-corrected chi connectivity index (χ0v) is 12.9. The van der Waals surface area contributed by atoms with Gasteiger partial charge in [0.25, 0.3) is 0 Å². The Morgan fingerprint density at radius 2 is 1.59 bits per heavy atom. The molecule has 2 aromatic carbocycles. The van der Waals surface area contributed by atoms with Gasteiger partial charge in [-0.1, -0.05) is 54.2 Å². The topological polar surface area (TPSA) is 68.9 Å². The zero-order chi connectivity index (χ0) is 15.5. The Morgan fingerprint density at radius 3 is 2.27 bits per heavy atom. The Kier molecular flexibility index (Phi) is 4.06. The van der Waals surface area contributed by atoms with Gasteiger partial charge < -0.3 is 5.73 Å². The molecular weight excluding hydrogens is 294 g/mol. The number of rotatable bonds is 4. The highest BCUT2D eigenvalue weighted by molar-refractivity contribution is 8.00. The number of aromatic nitrogens is 2. The van der Waals surface area contributed by atoms with Crippen LogP contribution in [0.25, 0.3) is 11.0 Å². The highest BCUT2D eigenvalue weighted by Gasteiger charge is 2.19. The minimum absolute atomic E-state index is 0.0555. The van der Waals surface area contributed by atoms with Gasteiger partial charge in [0.1, 0.15) is 5.03 Å². The molecule has 0 aliphatic rings. The van der Waals surface area contributed by atoms with Crippen molar-refractivity contribution >= 4 is 34.4 Å². The smallest absolute Gasteiger partial charge is 0.175 e. The summed E-state index contributed by atoms with van der Waals surface area (Å²) in [5.74, 6) is 0.413. The molecule has 1 aromatic heterocycles. The first-order valence-corrected chi connectivity index (χ1v) is 7.81. The number of hydrogen-bond donors (Lipinski definition) is 1. The maximum Gasteiger partial charge on any atom is 0.175 e. The van der Waals surface area contributed by atoms with E-state index in [0.29, 0.717) is 16.4 Å². The molecule has 1 unspecified atom stereocenters. The third kappa shape index (κ3) is 2.94. The molecule has 110 valence electrons. The third-order valence-electron chi connectivity index (χ3n) is 3.28. The lowest BCUT2D eigenvalue weighted by Crippen LogP contribution is -2.14. The number of hydrogen-bond acceptors (Lipinski definition) is 5. The van der Waals surface area contributed by atoms with Gasteiger partial charge in [-0.2, -0.15) is 0 Å². The molecule has 3 rings (SSSR count). The van der Waals surface area contributed by atoms with E-state index in [-0.39, 0.29) is 11.0 Å². The van der Waals surface area contributed by atoms with Gasteiger partial charge in [-0.25, -0.2) is 9.97 Å². The minimum Gasteiger partial charge on any atom is -0.381 e. The van der Waals surface area contributed by atoms with Gasteiger partial charge in [0, 0.05) is 5.56 Å². The van der Waals surface area contributed by atoms with Gasteiger partial charge in [-0.3, -0.25) is 4.79 Å². The van der Waals surface area contributed by atoms with Crippen LogP contribution in [0.4, 0.5) is 5.82 Å². The van der Waals surface area contributed by atoms with Crippen molar-refractivity contribution in [2.75, 3.05) is 5.73 Å². The van der Waals surface area contributed by atoms with Crippen LogP contribution in [0.5, 0.6) is 0 Å². The molecule has 22 heavy (non-hydrogen) atoms. The summed E-state index contributed by atoms with van der Waals surface area (Å²) in [6.07, 6.45) is 0. The number of nitrogens with zero attached hydrogens (tertiary/aromatic N) is 2. The average Bonchev–Trinajstić information content (AvgIpc) is 2.55. The molecule has 0 saturated carbocycles. The Bertz CT molecular complexity index is 821. The fourth-order valence-electron chi connectivity index (χ4n) is 2.14. The summed E-state index contributed by atoms with van der Waals surface area (Å²) in [7, 11) is 0. The van der Waals surface area contributed by atoms with E-state index >= 15 is 0 Å². The van der Waals surface area contributed by atoms with Crippen molar-refractivity contribution in [2.24, 2.45) is 0 Å². The van der Waals surface area contributed by atoms with Gasteiger partial charge in [-0.15, -0.1) is 0 Å². The molecule has 0 saturated heterocycles. The van der Waals surface area contributed by atoms with Crippen LogP contribution in [0, 0.1) is 0 Å². The van der Waals surface area contributed by atoms with Crippen LogP contribution < -0.4 is 5.73 Å². The van der Waals surface area contributed by atoms with E-state index in [9.17, 15) is 4.79 Å². The van der Waals surface area contributed by atoms with Crippen LogP contribution in [0.2, 0.25) is 0 Å². The van der Waals surface area contributed by atoms with Crippen molar-refractivity contribution in [2.45, 2.75) is 17.2 Å². The molecule has 5 heteroatoms. The number of carbonyl (C=O) groups excluding carboxylic acids is 1. The molecule has 1 heterocycles. The van der Waals surface area contributed by atoms with Crippen molar-refractivity contribution in [1.29, 1.82) is 0 Å². The Balaban J connectivity index is 1.86. The molecule has 0 aliphatic heterocycles. The number of anilines is 1. The summed E-state index contributed by atoms with van der Waals surface area (Å²) in [4.78, 5) is 21.3.